The predicted octanol–water partition coefficient (Wildman–Crippen LogP) is 2.84. The standard InChI is InChI=1S/C19H20O7/c1-21-14-4-5-15(22-2)13(8-14)11-26-19(20)12-9-16(23-3)18-17(10-12)24-6-7-25-18/h4-5,8-10H,6-7,11H2,1-3H3. The van der Waals surface area contributed by atoms with Gasteiger partial charge in [-0.15, -0.1) is 0 Å². The fourth-order valence-corrected chi connectivity index (χ4v) is 2.61. The van der Waals surface area contributed by atoms with Crippen molar-refractivity contribution in [3.05, 3.63) is 41.5 Å². The van der Waals surface area contributed by atoms with Crippen LogP contribution in [0.15, 0.2) is 30.3 Å². The van der Waals surface area contributed by atoms with Crippen molar-refractivity contribution >= 4 is 5.97 Å². The maximum atomic E-state index is 12.5. The first-order valence-corrected chi connectivity index (χ1v) is 8.02. The van der Waals surface area contributed by atoms with Crippen molar-refractivity contribution in [2.45, 2.75) is 6.61 Å². The van der Waals surface area contributed by atoms with E-state index < -0.39 is 5.97 Å². The van der Waals surface area contributed by atoms with E-state index in [4.69, 9.17) is 28.4 Å². The Morgan fingerprint density at radius 3 is 2.46 bits per heavy atom. The summed E-state index contributed by atoms with van der Waals surface area (Å²) < 4.78 is 32.3. The molecule has 3 rings (SSSR count). The van der Waals surface area contributed by atoms with E-state index in [9.17, 15) is 4.79 Å². The summed E-state index contributed by atoms with van der Waals surface area (Å²) in [4.78, 5) is 12.5. The van der Waals surface area contributed by atoms with Crippen molar-refractivity contribution in [1.29, 1.82) is 0 Å². The highest BCUT2D eigenvalue weighted by molar-refractivity contribution is 5.91. The van der Waals surface area contributed by atoms with Gasteiger partial charge in [0.05, 0.1) is 26.9 Å². The van der Waals surface area contributed by atoms with Gasteiger partial charge in [0, 0.05) is 5.56 Å². The Bertz CT molecular complexity index is 783. The first-order chi connectivity index (χ1) is 12.7. The van der Waals surface area contributed by atoms with Gasteiger partial charge >= 0.3 is 5.97 Å². The van der Waals surface area contributed by atoms with Crippen molar-refractivity contribution in [3.63, 3.8) is 0 Å². The highest BCUT2D eigenvalue weighted by Gasteiger charge is 2.21. The van der Waals surface area contributed by atoms with Crippen LogP contribution < -0.4 is 23.7 Å². The van der Waals surface area contributed by atoms with Crippen LogP contribution in [0.5, 0.6) is 28.7 Å². The Labute approximate surface area is 151 Å². The lowest BCUT2D eigenvalue weighted by molar-refractivity contribution is 0.0468. The fourth-order valence-electron chi connectivity index (χ4n) is 2.61. The molecule has 7 heteroatoms. The number of methoxy groups -OCH3 is 3. The van der Waals surface area contributed by atoms with E-state index in [2.05, 4.69) is 0 Å². The SMILES string of the molecule is COc1ccc(OC)c(COC(=O)c2cc(OC)c3c(c2)OCCO3)c1. The topological polar surface area (TPSA) is 72.5 Å². The van der Waals surface area contributed by atoms with Crippen molar-refractivity contribution in [3.8, 4) is 28.7 Å². The molecule has 0 aromatic heterocycles. The van der Waals surface area contributed by atoms with Crippen molar-refractivity contribution in [2.75, 3.05) is 34.5 Å². The van der Waals surface area contributed by atoms with Crippen molar-refractivity contribution in [1.82, 2.24) is 0 Å². The van der Waals surface area contributed by atoms with Gasteiger partial charge in [-0.2, -0.15) is 0 Å². The lowest BCUT2D eigenvalue weighted by Crippen LogP contribution is -2.17. The molecule has 0 saturated carbocycles. The average Bonchev–Trinajstić information content (AvgIpc) is 2.70. The van der Waals surface area contributed by atoms with E-state index in [0.717, 1.165) is 0 Å². The summed E-state index contributed by atoms with van der Waals surface area (Å²) in [5.74, 6) is 2.13. The Morgan fingerprint density at radius 1 is 0.962 bits per heavy atom. The summed E-state index contributed by atoms with van der Waals surface area (Å²) in [5.41, 5.74) is 1.01. The molecule has 0 radical (unpaired) electrons. The molecule has 1 aliphatic heterocycles. The second-order valence-electron chi connectivity index (χ2n) is 5.46. The molecule has 0 bridgehead atoms. The summed E-state index contributed by atoms with van der Waals surface area (Å²) in [7, 11) is 4.63. The van der Waals surface area contributed by atoms with Crippen LogP contribution in [0.3, 0.4) is 0 Å². The third kappa shape index (κ3) is 3.61. The van der Waals surface area contributed by atoms with E-state index in [1.54, 1.807) is 44.6 Å². The van der Waals surface area contributed by atoms with Gasteiger partial charge in [-0.3, -0.25) is 0 Å². The zero-order chi connectivity index (χ0) is 18.5. The zero-order valence-corrected chi connectivity index (χ0v) is 14.9. The molecule has 0 amide bonds. The van der Waals surface area contributed by atoms with Crippen LogP contribution in [0, 0.1) is 0 Å². The van der Waals surface area contributed by atoms with Crippen LogP contribution in [-0.2, 0) is 11.3 Å². The molecular weight excluding hydrogens is 340 g/mol. The van der Waals surface area contributed by atoms with Crippen molar-refractivity contribution < 1.29 is 33.2 Å². The number of carbonyl (C=O) groups excluding carboxylic acids is 1. The Balaban J connectivity index is 1.79. The molecule has 7 nitrogen and oxygen atoms in total. The molecule has 0 atom stereocenters. The van der Waals surface area contributed by atoms with Crippen LogP contribution in [0.4, 0.5) is 0 Å². The molecule has 2 aromatic rings. The third-order valence-electron chi connectivity index (χ3n) is 3.91. The van der Waals surface area contributed by atoms with Gasteiger partial charge in [-0.05, 0) is 30.3 Å². The van der Waals surface area contributed by atoms with E-state index >= 15 is 0 Å². The van der Waals surface area contributed by atoms with Crippen LogP contribution in [0.1, 0.15) is 15.9 Å². The molecule has 26 heavy (non-hydrogen) atoms. The van der Waals surface area contributed by atoms with Gasteiger partial charge in [0.25, 0.3) is 0 Å². The van der Waals surface area contributed by atoms with E-state index in [0.29, 0.717) is 53.1 Å². The molecule has 0 saturated heterocycles. The Hall–Kier alpha value is -3.09. The molecule has 1 aliphatic rings. The number of ether oxygens (including phenoxy) is 6. The number of benzene rings is 2. The lowest BCUT2D eigenvalue weighted by Gasteiger charge is -2.21. The number of hydrogen-bond acceptors (Lipinski definition) is 7. The van der Waals surface area contributed by atoms with Gasteiger partial charge in [-0.1, -0.05) is 0 Å². The largest absolute Gasteiger partial charge is 0.497 e. The minimum Gasteiger partial charge on any atom is -0.497 e. The highest BCUT2D eigenvalue weighted by atomic mass is 16.6. The quantitative estimate of drug-likeness (QED) is 0.734. The summed E-state index contributed by atoms with van der Waals surface area (Å²) in [6.45, 7) is 0.883. The molecule has 0 aliphatic carbocycles. The number of fused-ring (bicyclic) bond motifs is 1. The Kier molecular flexibility index (Phi) is 5.36. The first-order valence-electron chi connectivity index (χ1n) is 8.02. The third-order valence-corrected chi connectivity index (χ3v) is 3.91. The summed E-state index contributed by atoms with van der Waals surface area (Å²) >= 11 is 0. The van der Waals surface area contributed by atoms with Gasteiger partial charge in [0.1, 0.15) is 31.3 Å². The second-order valence-corrected chi connectivity index (χ2v) is 5.46. The molecule has 1 heterocycles. The van der Waals surface area contributed by atoms with Crippen LogP contribution >= 0.6 is 0 Å². The Morgan fingerprint density at radius 2 is 1.73 bits per heavy atom. The fraction of sp³-hybridized carbons (Fsp3) is 0.316. The highest BCUT2D eigenvalue weighted by Crippen LogP contribution is 2.40. The predicted molar refractivity (Wildman–Crippen MR) is 92.6 cm³/mol. The van der Waals surface area contributed by atoms with E-state index in [1.165, 1.54) is 7.11 Å². The normalized spacial score (nSPS) is 12.3. The molecule has 2 aromatic carbocycles. The van der Waals surface area contributed by atoms with Gasteiger partial charge < -0.3 is 28.4 Å². The lowest BCUT2D eigenvalue weighted by atomic mass is 10.1. The minimum atomic E-state index is -0.509. The summed E-state index contributed by atoms with van der Waals surface area (Å²) in [6.07, 6.45) is 0. The first kappa shape index (κ1) is 17.7. The molecule has 0 fully saturated rings. The number of esters is 1. The summed E-state index contributed by atoms with van der Waals surface area (Å²) in [5, 5.41) is 0. The number of rotatable bonds is 6. The molecular formula is C19H20O7. The number of carbonyl (C=O) groups is 1. The van der Waals surface area contributed by atoms with Crippen LogP contribution in [0.25, 0.3) is 0 Å². The minimum absolute atomic E-state index is 0.0377. The average molecular weight is 360 g/mol. The van der Waals surface area contributed by atoms with Crippen LogP contribution in [-0.4, -0.2) is 40.5 Å². The van der Waals surface area contributed by atoms with Gasteiger partial charge in [0.15, 0.2) is 11.5 Å². The molecule has 0 spiro atoms. The maximum absolute atomic E-state index is 12.5. The molecule has 0 N–H and O–H groups in total. The molecule has 0 unspecified atom stereocenters. The maximum Gasteiger partial charge on any atom is 0.338 e. The summed E-state index contributed by atoms with van der Waals surface area (Å²) in [6, 6.07) is 8.45. The van der Waals surface area contributed by atoms with Crippen molar-refractivity contribution in [2.24, 2.45) is 0 Å². The van der Waals surface area contributed by atoms with Crippen LogP contribution in [0.2, 0.25) is 0 Å². The number of hydrogen-bond donors (Lipinski definition) is 0. The molecule has 138 valence electrons. The van der Waals surface area contributed by atoms with Gasteiger partial charge in [0.2, 0.25) is 5.75 Å². The van der Waals surface area contributed by atoms with E-state index in [-0.39, 0.29) is 6.61 Å². The monoisotopic (exact) mass is 360 g/mol. The van der Waals surface area contributed by atoms with Gasteiger partial charge in [-0.25, -0.2) is 4.79 Å². The zero-order valence-electron chi connectivity index (χ0n) is 14.9. The van der Waals surface area contributed by atoms with E-state index in [1.807, 2.05) is 0 Å². The second kappa shape index (κ2) is 7.86. The smallest absolute Gasteiger partial charge is 0.338 e.